The van der Waals surface area contributed by atoms with Crippen molar-refractivity contribution in [1.29, 1.82) is 0 Å². The highest BCUT2D eigenvalue weighted by Gasteiger charge is 2.29. The number of amides is 1. The van der Waals surface area contributed by atoms with Crippen molar-refractivity contribution in [2.24, 2.45) is 0 Å². The molecule has 21 heavy (non-hydrogen) atoms. The van der Waals surface area contributed by atoms with Gasteiger partial charge in [-0.1, -0.05) is 24.3 Å². The monoisotopic (exact) mass is 287 g/mol. The molecule has 2 N–H and O–H groups in total. The van der Waals surface area contributed by atoms with E-state index in [1.807, 2.05) is 24.3 Å². The Morgan fingerprint density at radius 2 is 2.14 bits per heavy atom. The normalized spacial score (nSPS) is 16.1. The van der Waals surface area contributed by atoms with E-state index in [0.29, 0.717) is 12.2 Å². The Balaban J connectivity index is 1.66. The first-order valence-electron chi connectivity index (χ1n) is 6.62. The summed E-state index contributed by atoms with van der Waals surface area (Å²) in [5.74, 6) is -0.871. The second-order valence-corrected chi connectivity index (χ2v) is 4.90. The van der Waals surface area contributed by atoms with Crippen LogP contribution in [0, 0.1) is 5.82 Å². The molecule has 0 bridgehead atoms. The molecule has 108 valence electrons. The van der Waals surface area contributed by atoms with Crippen LogP contribution in [0.1, 0.15) is 17.0 Å². The Hall–Kier alpha value is -2.56. The Kier molecular flexibility index (Phi) is 3.48. The maximum atomic E-state index is 13.2. The number of benzene rings is 2. The Labute approximate surface area is 121 Å². The summed E-state index contributed by atoms with van der Waals surface area (Å²) in [6.07, 6.45) is 0. The number of nitrogens with one attached hydrogen (secondary N) is 1. The van der Waals surface area contributed by atoms with Crippen molar-refractivity contribution in [1.82, 2.24) is 5.32 Å². The van der Waals surface area contributed by atoms with Crippen molar-refractivity contribution in [2.75, 3.05) is 6.61 Å². The lowest BCUT2D eigenvalue weighted by atomic mass is 10.0. The first-order chi connectivity index (χ1) is 10.1. The molecule has 0 aliphatic carbocycles. The van der Waals surface area contributed by atoms with Crippen LogP contribution in [-0.4, -0.2) is 17.6 Å². The first kappa shape index (κ1) is 13.4. The van der Waals surface area contributed by atoms with Crippen LogP contribution in [0.2, 0.25) is 0 Å². The second kappa shape index (κ2) is 5.44. The van der Waals surface area contributed by atoms with Crippen molar-refractivity contribution in [3.63, 3.8) is 0 Å². The van der Waals surface area contributed by atoms with Crippen LogP contribution < -0.4 is 10.1 Å². The minimum absolute atomic E-state index is 0.159. The van der Waals surface area contributed by atoms with E-state index in [0.717, 1.165) is 11.3 Å². The molecular formula is C16H14FNO3. The first-order valence-corrected chi connectivity index (χ1v) is 6.62. The lowest BCUT2D eigenvalue weighted by Crippen LogP contribution is -2.29. The van der Waals surface area contributed by atoms with Gasteiger partial charge >= 0.3 is 0 Å². The van der Waals surface area contributed by atoms with E-state index < -0.39 is 11.6 Å². The van der Waals surface area contributed by atoms with Gasteiger partial charge in [0.15, 0.2) is 11.6 Å². The van der Waals surface area contributed by atoms with Crippen molar-refractivity contribution >= 4 is 5.91 Å². The maximum absolute atomic E-state index is 13.2. The number of halogens is 1. The number of hydrogen-bond acceptors (Lipinski definition) is 3. The summed E-state index contributed by atoms with van der Waals surface area (Å²) >= 11 is 0. The molecule has 1 aliphatic rings. The van der Waals surface area contributed by atoms with Crippen LogP contribution in [0.4, 0.5) is 4.39 Å². The molecule has 0 fully saturated rings. The van der Waals surface area contributed by atoms with Crippen molar-refractivity contribution in [2.45, 2.75) is 12.5 Å². The third-order valence-electron chi connectivity index (χ3n) is 3.50. The topological polar surface area (TPSA) is 58.6 Å². The average molecular weight is 287 g/mol. The largest absolute Gasteiger partial charge is 0.505 e. The number of carbonyl (C=O) groups excluding carboxylic acids is 1. The van der Waals surface area contributed by atoms with Crippen LogP contribution >= 0.6 is 0 Å². The molecule has 0 saturated carbocycles. The van der Waals surface area contributed by atoms with E-state index in [1.54, 1.807) is 6.07 Å². The van der Waals surface area contributed by atoms with Gasteiger partial charge in [0.2, 0.25) is 5.91 Å². The van der Waals surface area contributed by atoms with Gasteiger partial charge in [0, 0.05) is 12.1 Å². The summed E-state index contributed by atoms with van der Waals surface area (Å²) in [7, 11) is 0. The standard InChI is InChI=1S/C16H14FNO3/c17-13-7-10(5-6-14(13)19)8-18-16(20)12-9-21-15-4-2-1-3-11(12)15/h1-7,12,19H,8-9H2,(H,18,20). The van der Waals surface area contributed by atoms with E-state index in [2.05, 4.69) is 5.32 Å². The summed E-state index contributed by atoms with van der Waals surface area (Å²) in [4.78, 5) is 12.2. The minimum Gasteiger partial charge on any atom is -0.505 e. The molecule has 0 radical (unpaired) electrons. The van der Waals surface area contributed by atoms with E-state index in [9.17, 15) is 9.18 Å². The summed E-state index contributed by atoms with van der Waals surface area (Å²) in [5.41, 5.74) is 1.46. The average Bonchev–Trinajstić information content (AvgIpc) is 2.92. The molecular weight excluding hydrogens is 273 g/mol. The molecule has 4 nitrogen and oxygen atoms in total. The summed E-state index contributed by atoms with van der Waals surface area (Å²) in [5, 5.41) is 11.9. The highest BCUT2D eigenvalue weighted by molar-refractivity contribution is 5.85. The zero-order valence-electron chi connectivity index (χ0n) is 11.2. The molecule has 2 aromatic rings. The van der Waals surface area contributed by atoms with Gasteiger partial charge in [0.05, 0.1) is 0 Å². The lowest BCUT2D eigenvalue weighted by Gasteiger charge is -2.10. The molecule has 1 aliphatic heterocycles. The van der Waals surface area contributed by atoms with E-state index in [1.165, 1.54) is 12.1 Å². The number of fused-ring (bicyclic) bond motifs is 1. The van der Waals surface area contributed by atoms with Crippen LogP contribution in [0.15, 0.2) is 42.5 Å². The van der Waals surface area contributed by atoms with Gasteiger partial charge in [-0.3, -0.25) is 4.79 Å². The van der Waals surface area contributed by atoms with Crippen molar-refractivity contribution in [3.05, 3.63) is 59.4 Å². The van der Waals surface area contributed by atoms with Crippen molar-refractivity contribution < 1.29 is 19.0 Å². The van der Waals surface area contributed by atoms with Gasteiger partial charge in [-0.2, -0.15) is 0 Å². The molecule has 1 unspecified atom stereocenters. The van der Waals surface area contributed by atoms with Gasteiger partial charge in [-0.15, -0.1) is 0 Å². The molecule has 1 amide bonds. The Morgan fingerprint density at radius 1 is 1.33 bits per heavy atom. The van der Waals surface area contributed by atoms with Crippen molar-refractivity contribution in [3.8, 4) is 11.5 Å². The fourth-order valence-corrected chi connectivity index (χ4v) is 2.35. The summed E-state index contributed by atoms with van der Waals surface area (Å²) in [6, 6.07) is 11.5. The quantitative estimate of drug-likeness (QED) is 0.911. The SMILES string of the molecule is O=C(NCc1ccc(O)c(F)c1)C1COc2ccccc21. The van der Waals surface area contributed by atoms with E-state index >= 15 is 0 Å². The molecule has 1 atom stereocenters. The van der Waals surface area contributed by atoms with Gasteiger partial charge in [-0.25, -0.2) is 4.39 Å². The molecule has 5 heteroatoms. The van der Waals surface area contributed by atoms with E-state index in [4.69, 9.17) is 9.84 Å². The Morgan fingerprint density at radius 3 is 2.95 bits per heavy atom. The molecule has 0 saturated heterocycles. The molecule has 1 heterocycles. The number of phenolic OH excluding ortho intramolecular Hbond substituents is 1. The predicted molar refractivity (Wildman–Crippen MR) is 74.6 cm³/mol. The van der Waals surface area contributed by atoms with Crippen LogP contribution in [0.5, 0.6) is 11.5 Å². The fraction of sp³-hybridized carbons (Fsp3) is 0.188. The number of aromatic hydroxyl groups is 1. The fourth-order valence-electron chi connectivity index (χ4n) is 2.35. The Bertz CT molecular complexity index is 687. The summed E-state index contributed by atoms with van der Waals surface area (Å²) in [6.45, 7) is 0.518. The number of hydrogen-bond donors (Lipinski definition) is 2. The molecule has 0 spiro atoms. The number of carbonyl (C=O) groups is 1. The molecule has 2 aromatic carbocycles. The van der Waals surface area contributed by atoms with Gasteiger partial charge < -0.3 is 15.2 Å². The smallest absolute Gasteiger partial charge is 0.231 e. The van der Waals surface area contributed by atoms with Crippen LogP contribution in [-0.2, 0) is 11.3 Å². The highest BCUT2D eigenvalue weighted by atomic mass is 19.1. The van der Waals surface area contributed by atoms with Gasteiger partial charge in [-0.05, 0) is 23.8 Å². The number of para-hydroxylation sites is 1. The van der Waals surface area contributed by atoms with Crippen LogP contribution in [0.25, 0.3) is 0 Å². The number of rotatable bonds is 3. The minimum atomic E-state index is -0.698. The third-order valence-corrected chi connectivity index (χ3v) is 3.50. The number of ether oxygens (including phenoxy) is 1. The van der Waals surface area contributed by atoms with Crippen LogP contribution in [0.3, 0.4) is 0 Å². The summed E-state index contributed by atoms with van der Waals surface area (Å²) < 4.78 is 18.7. The number of phenols is 1. The lowest BCUT2D eigenvalue weighted by molar-refractivity contribution is -0.122. The zero-order chi connectivity index (χ0) is 14.8. The van der Waals surface area contributed by atoms with Gasteiger partial charge in [0.1, 0.15) is 18.3 Å². The maximum Gasteiger partial charge on any atom is 0.231 e. The highest BCUT2D eigenvalue weighted by Crippen LogP contribution is 2.33. The molecule has 0 aromatic heterocycles. The molecule has 3 rings (SSSR count). The van der Waals surface area contributed by atoms with E-state index in [-0.39, 0.29) is 18.4 Å². The zero-order valence-corrected chi connectivity index (χ0v) is 11.2. The second-order valence-electron chi connectivity index (χ2n) is 4.90. The van der Waals surface area contributed by atoms with Gasteiger partial charge in [0.25, 0.3) is 0 Å². The predicted octanol–water partition coefficient (Wildman–Crippen LogP) is 2.32. The third kappa shape index (κ3) is 2.67.